The molecule has 20 heavy (non-hydrogen) atoms. The van der Waals surface area contributed by atoms with Crippen LogP contribution in [0.1, 0.15) is 42.6 Å². The lowest BCUT2D eigenvalue weighted by atomic mass is 9.93. The lowest BCUT2D eigenvalue weighted by Gasteiger charge is -2.37. The van der Waals surface area contributed by atoms with Gasteiger partial charge in [0, 0.05) is 6.54 Å². The number of benzene rings is 1. The second-order valence-electron chi connectivity index (χ2n) is 6.26. The third-order valence-electron chi connectivity index (χ3n) is 4.12. The number of rotatable bonds is 3. The summed E-state index contributed by atoms with van der Waals surface area (Å²) in [5.41, 5.74) is 0.388. The molecule has 5 heteroatoms. The van der Waals surface area contributed by atoms with Crippen molar-refractivity contribution in [2.45, 2.75) is 44.9 Å². The second-order valence-corrected chi connectivity index (χ2v) is 7.34. The van der Waals surface area contributed by atoms with E-state index in [4.69, 9.17) is 0 Å². The molecular weight excluding hydrogens is 372 g/mol. The van der Waals surface area contributed by atoms with Crippen LogP contribution in [0, 0.1) is 15.3 Å². The molecule has 0 spiro atoms. The van der Waals surface area contributed by atoms with Crippen LogP contribution in [-0.2, 0) is 6.54 Å². The molecule has 1 aromatic rings. The van der Waals surface area contributed by atoms with Crippen LogP contribution in [0.25, 0.3) is 0 Å². The molecule has 0 saturated heterocycles. The Morgan fingerprint density at radius 1 is 1.45 bits per heavy atom. The third-order valence-corrected chi connectivity index (χ3v) is 5.18. The summed E-state index contributed by atoms with van der Waals surface area (Å²) in [7, 11) is 0. The van der Waals surface area contributed by atoms with E-state index in [1.807, 2.05) is 22.6 Å². The van der Waals surface area contributed by atoms with E-state index < -0.39 is 5.60 Å². The number of amides is 1. The predicted molar refractivity (Wildman–Crippen MR) is 81.8 cm³/mol. The largest absolute Gasteiger partial charge is 0.388 e. The van der Waals surface area contributed by atoms with Crippen molar-refractivity contribution in [1.82, 2.24) is 4.90 Å². The summed E-state index contributed by atoms with van der Waals surface area (Å²) in [5, 5.41) is 10.4. The first kappa shape index (κ1) is 14.3. The number of halogens is 2. The van der Waals surface area contributed by atoms with Crippen molar-refractivity contribution >= 4 is 28.5 Å². The molecule has 1 heterocycles. The quantitative estimate of drug-likeness (QED) is 0.808. The summed E-state index contributed by atoms with van der Waals surface area (Å²) in [6.07, 6.45) is 2.08. The van der Waals surface area contributed by atoms with Gasteiger partial charge in [0.15, 0.2) is 0 Å². The van der Waals surface area contributed by atoms with Gasteiger partial charge in [-0.15, -0.1) is 0 Å². The van der Waals surface area contributed by atoms with Gasteiger partial charge in [0.1, 0.15) is 5.82 Å². The minimum atomic E-state index is -0.942. The highest BCUT2D eigenvalue weighted by Crippen LogP contribution is 2.43. The van der Waals surface area contributed by atoms with Crippen molar-refractivity contribution < 1.29 is 14.3 Å². The molecule has 0 bridgehead atoms. The molecule has 3 rings (SSSR count). The van der Waals surface area contributed by atoms with Crippen LogP contribution in [-0.4, -0.2) is 27.6 Å². The molecule has 1 fully saturated rings. The van der Waals surface area contributed by atoms with E-state index in [2.05, 4.69) is 0 Å². The van der Waals surface area contributed by atoms with Gasteiger partial charge in [-0.05, 0) is 66.8 Å². The minimum Gasteiger partial charge on any atom is -0.388 e. The smallest absolute Gasteiger partial charge is 0.256 e. The Hall–Kier alpha value is -0.690. The average Bonchev–Trinajstić information content (AvgIpc) is 3.09. The lowest BCUT2D eigenvalue weighted by molar-refractivity contribution is -0.0224. The van der Waals surface area contributed by atoms with Crippen molar-refractivity contribution in [3.05, 3.63) is 32.6 Å². The summed E-state index contributed by atoms with van der Waals surface area (Å²) in [6, 6.07) is 2.90. The van der Waals surface area contributed by atoms with E-state index in [0.29, 0.717) is 21.6 Å². The zero-order chi connectivity index (χ0) is 14.7. The first-order valence-electron chi connectivity index (χ1n) is 6.81. The van der Waals surface area contributed by atoms with Gasteiger partial charge in [-0.2, -0.15) is 0 Å². The summed E-state index contributed by atoms with van der Waals surface area (Å²) in [5.74, 6) is -0.149. The highest BCUT2D eigenvalue weighted by molar-refractivity contribution is 14.1. The zero-order valence-electron chi connectivity index (χ0n) is 11.5. The standard InChI is InChI=1S/C15H17FINO2/c1-15(2,20)13(8-3-4-8)18-7-9-5-6-10(16)12(17)11(9)14(18)19/h5-6,8,13,20H,3-4,7H2,1-2H3. The summed E-state index contributed by atoms with van der Waals surface area (Å²) in [4.78, 5) is 14.4. The highest BCUT2D eigenvalue weighted by atomic mass is 127. The second kappa shape index (κ2) is 4.66. The van der Waals surface area contributed by atoms with Crippen LogP contribution in [0.4, 0.5) is 4.39 Å². The van der Waals surface area contributed by atoms with Gasteiger partial charge >= 0.3 is 0 Å². The van der Waals surface area contributed by atoms with Crippen LogP contribution in [0.2, 0.25) is 0 Å². The van der Waals surface area contributed by atoms with Crippen LogP contribution < -0.4 is 0 Å². The fourth-order valence-electron chi connectivity index (χ4n) is 3.20. The van der Waals surface area contributed by atoms with Crippen molar-refractivity contribution in [3.63, 3.8) is 0 Å². The molecule has 1 N–H and O–H groups in total. The van der Waals surface area contributed by atoms with Gasteiger partial charge in [0.05, 0.1) is 20.8 Å². The Kier molecular flexibility index (Phi) is 3.32. The maximum absolute atomic E-state index is 13.7. The summed E-state index contributed by atoms with van der Waals surface area (Å²) >= 11 is 1.89. The van der Waals surface area contributed by atoms with Crippen molar-refractivity contribution in [2.75, 3.05) is 0 Å². The molecule has 1 amide bonds. The monoisotopic (exact) mass is 389 g/mol. The maximum atomic E-state index is 13.7. The minimum absolute atomic E-state index is 0.150. The van der Waals surface area contributed by atoms with E-state index in [0.717, 1.165) is 18.4 Å². The number of hydrogen-bond acceptors (Lipinski definition) is 2. The number of fused-ring (bicyclic) bond motifs is 1. The molecule has 2 aliphatic rings. The molecule has 1 unspecified atom stereocenters. The van der Waals surface area contributed by atoms with E-state index in [-0.39, 0.29) is 17.8 Å². The van der Waals surface area contributed by atoms with Gasteiger partial charge in [0.2, 0.25) is 0 Å². The number of carbonyl (C=O) groups is 1. The molecule has 0 aromatic heterocycles. The number of aliphatic hydroxyl groups is 1. The van der Waals surface area contributed by atoms with E-state index in [9.17, 15) is 14.3 Å². The van der Waals surface area contributed by atoms with E-state index in [1.54, 1.807) is 24.8 Å². The number of carbonyl (C=O) groups excluding carboxylic acids is 1. The van der Waals surface area contributed by atoms with Gasteiger partial charge in [-0.1, -0.05) is 6.07 Å². The Balaban J connectivity index is 1.99. The topological polar surface area (TPSA) is 40.5 Å². The Labute approximate surface area is 131 Å². The molecule has 1 saturated carbocycles. The van der Waals surface area contributed by atoms with Crippen molar-refractivity contribution in [3.8, 4) is 0 Å². The van der Waals surface area contributed by atoms with E-state index in [1.165, 1.54) is 6.07 Å². The van der Waals surface area contributed by atoms with Crippen molar-refractivity contribution in [1.29, 1.82) is 0 Å². The van der Waals surface area contributed by atoms with Crippen LogP contribution in [0.15, 0.2) is 12.1 Å². The molecule has 1 aromatic carbocycles. The first-order valence-corrected chi connectivity index (χ1v) is 7.89. The molecular formula is C15H17FINO2. The highest BCUT2D eigenvalue weighted by Gasteiger charge is 2.48. The fraction of sp³-hybridized carbons (Fsp3) is 0.533. The van der Waals surface area contributed by atoms with Gasteiger partial charge < -0.3 is 10.0 Å². The molecule has 1 atom stereocenters. The van der Waals surface area contributed by atoms with Crippen LogP contribution in [0.3, 0.4) is 0 Å². The molecule has 1 aliphatic heterocycles. The van der Waals surface area contributed by atoms with Gasteiger partial charge in [0.25, 0.3) is 5.91 Å². The van der Waals surface area contributed by atoms with Crippen molar-refractivity contribution in [2.24, 2.45) is 5.92 Å². The van der Waals surface area contributed by atoms with E-state index >= 15 is 0 Å². The van der Waals surface area contributed by atoms with Crippen LogP contribution in [0.5, 0.6) is 0 Å². The maximum Gasteiger partial charge on any atom is 0.256 e. The lowest BCUT2D eigenvalue weighted by Crippen LogP contribution is -2.51. The Morgan fingerprint density at radius 3 is 2.65 bits per heavy atom. The van der Waals surface area contributed by atoms with Crippen LogP contribution >= 0.6 is 22.6 Å². The molecule has 1 aliphatic carbocycles. The normalized spacial score (nSPS) is 20.2. The molecule has 0 radical (unpaired) electrons. The molecule has 108 valence electrons. The Bertz CT molecular complexity index is 578. The zero-order valence-corrected chi connectivity index (χ0v) is 13.6. The fourth-order valence-corrected chi connectivity index (χ4v) is 3.96. The summed E-state index contributed by atoms with van der Waals surface area (Å²) in [6.45, 7) is 3.96. The third kappa shape index (κ3) is 2.24. The number of hydrogen-bond donors (Lipinski definition) is 1. The molecule has 3 nitrogen and oxygen atoms in total. The summed E-state index contributed by atoms with van der Waals surface area (Å²) < 4.78 is 14.0. The van der Waals surface area contributed by atoms with Gasteiger partial charge in [-0.3, -0.25) is 4.79 Å². The first-order chi connectivity index (χ1) is 9.30. The van der Waals surface area contributed by atoms with Gasteiger partial charge in [-0.25, -0.2) is 4.39 Å². The predicted octanol–water partition coefficient (Wildman–Crippen LogP) is 2.94. The number of nitrogens with zero attached hydrogens (tertiary/aromatic N) is 1. The SMILES string of the molecule is CC(C)(O)C(C1CC1)N1Cc2ccc(F)c(I)c2C1=O. The Morgan fingerprint density at radius 2 is 2.10 bits per heavy atom. The average molecular weight is 389 g/mol.